The number of alkyl halides is 6. The van der Waals surface area contributed by atoms with Crippen molar-refractivity contribution < 1.29 is 35.8 Å². The summed E-state index contributed by atoms with van der Waals surface area (Å²) in [6.07, 6.45) is -9.48. The van der Waals surface area contributed by atoms with E-state index in [4.69, 9.17) is 10.5 Å². The van der Waals surface area contributed by atoms with Crippen molar-refractivity contribution in [3.8, 4) is 17.2 Å². The second-order valence-electron chi connectivity index (χ2n) is 4.37. The van der Waals surface area contributed by atoms with Crippen LogP contribution < -0.4 is 15.2 Å². The van der Waals surface area contributed by atoms with Gasteiger partial charge in [-0.1, -0.05) is 0 Å². The summed E-state index contributed by atoms with van der Waals surface area (Å²) in [6.45, 7) is 0. The van der Waals surface area contributed by atoms with E-state index < -0.39 is 29.5 Å². The molecule has 0 saturated heterocycles. The lowest BCUT2D eigenvalue weighted by atomic mass is 10.1. The lowest BCUT2D eigenvalue weighted by Crippen LogP contribution is -2.16. The first kappa shape index (κ1) is 16.8. The zero-order chi connectivity index (χ0) is 17.3. The smallest absolute Gasteiger partial charge is 0.457 e. The molecule has 0 heterocycles. The molecular formula is C14H9F6NO2. The quantitative estimate of drug-likeness (QED) is 0.635. The second kappa shape index (κ2) is 5.90. The number of anilines is 1. The Morgan fingerprint density at radius 3 is 1.78 bits per heavy atom. The predicted molar refractivity (Wildman–Crippen MR) is 69.1 cm³/mol. The molecule has 0 spiro atoms. The van der Waals surface area contributed by atoms with E-state index in [1.165, 1.54) is 6.07 Å². The first-order valence-corrected chi connectivity index (χ1v) is 6.05. The fraction of sp³-hybridized carbons (Fsp3) is 0.143. The van der Waals surface area contributed by atoms with Crippen molar-refractivity contribution in [2.24, 2.45) is 0 Å². The van der Waals surface area contributed by atoms with E-state index in [0.717, 1.165) is 30.3 Å². The van der Waals surface area contributed by atoms with Crippen LogP contribution in [0.4, 0.5) is 32.0 Å². The molecule has 0 radical (unpaired) electrons. The number of nitrogen functional groups attached to an aromatic ring is 1. The summed E-state index contributed by atoms with van der Waals surface area (Å²) < 4.78 is 83.0. The molecule has 2 rings (SSSR count). The van der Waals surface area contributed by atoms with Gasteiger partial charge in [0.15, 0.2) is 0 Å². The highest BCUT2D eigenvalue weighted by Crippen LogP contribution is 2.37. The Hall–Kier alpha value is -2.58. The van der Waals surface area contributed by atoms with E-state index in [1.54, 1.807) is 0 Å². The zero-order valence-corrected chi connectivity index (χ0v) is 11.2. The molecule has 0 aromatic heterocycles. The van der Waals surface area contributed by atoms with Crippen LogP contribution in [0.3, 0.4) is 0 Å². The van der Waals surface area contributed by atoms with Gasteiger partial charge in [-0.15, -0.1) is 13.2 Å². The molecule has 0 unspecified atom stereocenters. The minimum atomic E-state index is -4.83. The molecular weight excluding hydrogens is 328 g/mol. The number of hydrogen-bond donors (Lipinski definition) is 1. The van der Waals surface area contributed by atoms with Crippen molar-refractivity contribution in [2.45, 2.75) is 12.5 Å². The highest BCUT2D eigenvalue weighted by atomic mass is 19.4. The van der Waals surface area contributed by atoms with Crippen LogP contribution in [-0.4, -0.2) is 6.36 Å². The van der Waals surface area contributed by atoms with Gasteiger partial charge in [-0.3, -0.25) is 0 Å². The lowest BCUT2D eigenvalue weighted by molar-refractivity contribution is -0.274. The summed E-state index contributed by atoms with van der Waals surface area (Å²) in [5, 5.41) is 0. The normalized spacial score (nSPS) is 12.1. The van der Waals surface area contributed by atoms with Gasteiger partial charge in [-0.25, -0.2) is 0 Å². The molecule has 0 aliphatic carbocycles. The standard InChI is InChI=1S/C14H9F6NO2/c15-13(16,17)11-7-10(5-6-12(11)21)22-8-1-3-9(4-2-8)23-14(18,19)20/h1-7H,21H2. The Morgan fingerprint density at radius 2 is 1.26 bits per heavy atom. The predicted octanol–water partition coefficient (Wildman–Crippen LogP) is 4.98. The molecule has 3 nitrogen and oxygen atoms in total. The van der Waals surface area contributed by atoms with E-state index in [9.17, 15) is 26.3 Å². The van der Waals surface area contributed by atoms with E-state index >= 15 is 0 Å². The number of rotatable bonds is 3. The summed E-state index contributed by atoms with van der Waals surface area (Å²) in [5.74, 6) is -0.591. The number of benzene rings is 2. The molecule has 0 amide bonds. The van der Waals surface area contributed by atoms with Crippen molar-refractivity contribution in [2.75, 3.05) is 5.73 Å². The maximum atomic E-state index is 12.7. The molecule has 0 saturated carbocycles. The fourth-order valence-electron chi connectivity index (χ4n) is 1.69. The molecule has 2 N–H and O–H groups in total. The molecule has 0 bridgehead atoms. The monoisotopic (exact) mass is 337 g/mol. The summed E-state index contributed by atoms with van der Waals surface area (Å²) >= 11 is 0. The van der Waals surface area contributed by atoms with Crippen molar-refractivity contribution in [1.82, 2.24) is 0 Å². The molecule has 9 heteroatoms. The van der Waals surface area contributed by atoms with Crippen LogP contribution >= 0.6 is 0 Å². The average molecular weight is 337 g/mol. The zero-order valence-electron chi connectivity index (χ0n) is 11.2. The lowest BCUT2D eigenvalue weighted by Gasteiger charge is -2.13. The van der Waals surface area contributed by atoms with Crippen LogP contribution in [0.5, 0.6) is 17.2 Å². The summed E-state index contributed by atoms with van der Waals surface area (Å²) in [6, 6.07) is 7.16. The maximum Gasteiger partial charge on any atom is 0.573 e. The van der Waals surface area contributed by atoms with Crippen LogP contribution in [0.2, 0.25) is 0 Å². The maximum absolute atomic E-state index is 12.7. The molecule has 0 atom stereocenters. The molecule has 2 aromatic carbocycles. The molecule has 0 fully saturated rings. The van der Waals surface area contributed by atoms with E-state index in [-0.39, 0.29) is 11.5 Å². The number of hydrogen-bond acceptors (Lipinski definition) is 3. The summed E-state index contributed by atoms with van der Waals surface area (Å²) in [5.41, 5.74) is 3.73. The third-order valence-corrected chi connectivity index (χ3v) is 2.62. The third-order valence-electron chi connectivity index (χ3n) is 2.62. The van der Waals surface area contributed by atoms with Crippen molar-refractivity contribution in [1.29, 1.82) is 0 Å². The SMILES string of the molecule is Nc1ccc(Oc2ccc(OC(F)(F)F)cc2)cc1C(F)(F)F. The Labute approximate surface area is 126 Å². The Morgan fingerprint density at radius 1 is 0.739 bits per heavy atom. The van der Waals surface area contributed by atoms with E-state index in [0.29, 0.717) is 6.07 Å². The topological polar surface area (TPSA) is 44.5 Å². The van der Waals surface area contributed by atoms with Crippen LogP contribution in [0.25, 0.3) is 0 Å². The highest BCUT2D eigenvalue weighted by molar-refractivity contribution is 5.52. The van der Waals surface area contributed by atoms with Crippen molar-refractivity contribution in [3.05, 3.63) is 48.0 Å². The minimum Gasteiger partial charge on any atom is -0.457 e. The van der Waals surface area contributed by atoms with Gasteiger partial charge < -0.3 is 15.2 Å². The molecule has 0 aliphatic rings. The first-order valence-electron chi connectivity index (χ1n) is 6.05. The Balaban J connectivity index is 2.17. The Kier molecular flexibility index (Phi) is 4.31. The van der Waals surface area contributed by atoms with Crippen molar-refractivity contribution >= 4 is 5.69 Å². The summed E-state index contributed by atoms with van der Waals surface area (Å²) in [4.78, 5) is 0. The van der Waals surface area contributed by atoms with Crippen LogP contribution in [0.15, 0.2) is 42.5 Å². The van der Waals surface area contributed by atoms with Gasteiger partial charge in [0.2, 0.25) is 0 Å². The number of ether oxygens (including phenoxy) is 2. The van der Waals surface area contributed by atoms with E-state index in [1.807, 2.05) is 0 Å². The Bertz CT molecular complexity index is 679. The van der Waals surface area contributed by atoms with Crippen LogP contribution in [-0.2, 0) is 6.18 Å². The van der Waals surface area contributed by atoms with Gasteiger partial charge in [-0.05, 0) is 42.5 Å². The van der Waals surface area contributed by atoms with Gasteiger partial charge in [0.1, 0.15) is 17.2 Å². The highest BCUT2D eigenvalue weighted by Gasteiger charge is 2.33. The first-order chi connectivity index (χ1) is 10.5. The number of nitrogens with two attached hydrogens (primary N) is 1. The second-order valence-corrected chi connectivity index (χ2v) is 4.37. The molecule has 124 valence electrons. The van der Waals surface area contributed by atoms with Crippen LogP contribution in [0, 0.1) is 0 Å². The van der Waals surface area contributed by atoms with Gasteiger partial charge >= 0.3 is 12.5 Å². The molecule has 23 heavy (non-hydrogen) atoms. The third kappa shape index (κ3) is 4.70. The van der Waals surface area contributed by atoms with Crippen molar-refractivity contribution in [3.63, 3.8) is 0 Å². The van der Waals surface area contributed by atoms with Crippen LogP contribution in [0.1, 0.15) is 5.56 Å². The largest absolute Gasteiger partial charge is 0.573 e. The molecule has 2 aromatic rings. The summed E-state index contributed by atoms with van der Waals surface area (Å²) in [7, 11) is 0. The van der Waals surface area contributed by atoms with E-state index in [2.05, 4.69) is 4.74 Å². The molecule has 0 aliphatic heterocycles. The average Bonchev–Trinajstić information content (AvgIpc) is 2.40. The van der Waals surface area contributed by atoms with Gasteiger partial charge in [-0.2, -0.15) is 13.2 Å². The fourth-order valence-corrected chi connectivity index (χ4v) is 1.69. The number of halogens is 6. The van der Waals surface area contributed by atoms with Gasteiger partial charge in [0, 0.05) is 5.69 Å². The van der Waals surface area contributed by atoms with Gasteiger partial charge in [0.25, 0.3) is 0 Å². The minimum absolute atomic E-state index is 0.0393. The van der Waals surface area contributed by atoms with Gasteiger partial charge in [0.05, 0.1) is 5.56 Å².